The summed E-state index contributed by atoms with van der Waals surface area (Å²) < 4.78 is 0. The normalized spacial score (nSPS) is 10.7. The molecule has 3 aromatic rings. The summed E-state index contributed by atoms with van der Waals surface area (Å²) in [6, 6.07) is 12.9. The molecule has 1 N–H and O–H groups in total. The number of hydrogen-bond acceptors (Lipinski definition) is 4. The van der Waals surface area contributed by atoms with Gasteiger partial charge in [-0.25, -0.2) is 0 Å². The van der Waals surface area contributed by atoms with Crippen molar-refractivity contribution in [2.45, 2.75) is 34.6 Å². The van der Waals surface area contributed by atoms with Crippen LogP contribution in [0, 0.1) is 20.8 Å². The van der Waals surface area contributed by atoms with Crippen LogP contribution in [0.1, 0.15) is 51.5 Å². The molecule has 30 heavy (non-hydrogen) atoms. The predicted octanol–water partition coefficient (Wildman–Crippen LogP) is 3.93. The van der Waals surface area contributed by atoms with Crippen LogP contribution in [0.15, 0.2) is 42.5 Å². The molecule has 0 aliphatic rings. The van der Waals surface area contributed by atoms with Crippen LogP contribution in [0.4, 0.5) is 5.69 Å². The van der Waals surface area contributed by atoms with E-state index in [0.29, 0.717) is 30.0 Å². The first-order valence-electron chi connectivity index (χ1n) is 10.1. The Hall–Kier alpha value is -3.48. The van der Waals surface area contributed by atoms with E-state index in [1.807, 2.05) is 39.8 Å². The lowest BCUT2D eigenvalue weighted by Crippen LogP contribution is -2.30. The first-order chi connectivity index (χ1) is 14.3. The number of benzene rings is 2. The first kappa shape index (κ1) is 21.2. The Morgan fingerprint density at radius 1 is 0.967 bits per heavy atom. The summed E-state index contributed by atoms with van der Waals surface area (Å²) in [7, 11) is 0. The molecule has 0 radical (unpaired) electrons. The molecule has 0 saturated carbocycles. The van der Waals surface area contributed by atoms with E-state index in [4.69, 9.17) is 0 Å². The predicted molar refractivity (Wildman–Crippen MR) is 117 cm³/mol. The van der Waals surface area contributed by atoms with Crippen LogP contribution in [0.5, 0.6) is 0 Å². The van der Waals surface area contributed by atoms with Crippen molar-refractivity contribution in [1.29, 1.82) is 0 Å². The van der Waals surface area contributed by atoms with E-state index in [-0.39, 0.29) is 17.5 Å². The number of amides is 2. The van der Waals surface area contributed by atoms with Gasteiger partial charge in [0.1, 0.15) is 0 Å². The number of anilines is 1. The molecular formula is C23H27N5O2. The highest BCUT2D eigenvalue weighted by Crippen LogP contribution is 2.17. The third-order valence-corrected chi connectivity index (χ3v) is 5.01. The highest BCUT2D eigenvalue weighted by Gasteiger charge is 2.18. The summed E-state index contributed by atoms with van der Waals surface area (Å²) in [6.07, 6.45) is 0. The van der Waals surface area contributed by atoms with Gasteiger partial charge in [0.2, 0.25) is 0 Å². The van der Waals surface area contributed by atoms with Crippen LogP contribution in [-0.2, 0) is 0 Å². The maximum Gasteiger partial charge on any atom is 0.278 e. The first-order valence-corrected chi connectivity index (χ1v) is 10.1. The van der Waals surface area contributed by atoms with Gasteiger partial charge in [0.15, 0.2) is 5.69 Å². The molecule has 0 spiro atoms. The number of hydrogen-bond donors (Lipinski definition) is 1. The number of aromatic nitrogens is 3. The molecule has 0 fully saturated rings. The van der Waals surface area contributed by atoms with E-state index in [0.717, 1.165) is 16.8 Å². The minimum Gasteiger partial charge on any atom is -0.339 e. The topological polar surface area (TPSA) is 80.1 Å². The summed E-state index contributed by atoms with van der Waals surface area (Å²) in [4.78, 5) is 28.4. The van der Waals surface area contributed by atoms with Gasteiger partial charge in [-0.05, 0) is 70.5 Å². The SMILES string of the molecule is CCN(CC)C(=O)c1ccc(NC(=O)c2nn(-c3ccc(C)cc3C)nc2C)cc1. The van der Waals surface area contributed by atoms with Crippen LogP contribution in [0.25, 0.3) is 5.69 Å². The quantitative estimate of drug-likeness (QED) is 0.674. The number of aryl methyl sites for hydroxylation is 3. The maximum atomic E-state index is 12.7. The third kappa shape index (κ3) is 4.40. The van der Waals surface area contributed by atoms with Gasteiger partial charge in [0.05, 0.1) is 11.4 Å². The standard InChI is InChI=1S/C23H27N5O2/c1-6-27(7-2)23(30)18-9-11-19(12-10-18)24-22(29)21-17(5)25-28(26-21)20-13-8-15(3)14-16(20)4/h8-14H,6-7H2,1-5H3,(H,24,29). The zero-order valence-electron chi connectivity index (χ0n) is 18.1. The molecule has 2 amide bonds. The van der Waals surface area contributed by atoms with Crippen molar-refractivity contribution in [1.82, 2.24) is 19.9 Å². The Balaban J connectivity index is 1.76. The largest absolute Gasteiger partial charge is 0.339 e. The molecule has 0 saturated heterocycles. The van der Waals surface area contributed by atoms with Gasteiger partial charge >= 0.3 is 0 Å². The molecule has 7 heteroatoms. The number of nitrogens with one attached hydrogen (secondary N) is 1. The summed E-state index contributed by atoms with van der Waals surface area (Å²) >= 11 is 0. The van der Waals surface area contributed by atoms with Gasteiger partial charge in [-0.2, -0.15) is 9.90 Å². The third-order valence-electron chi connectivity index (χ3n) is 5.01. The molecule has 0 unspecified atom stereocenters. The van der Waals surface area contributed by atoms with E-state index in [2.05, 4.69) is 21.6 Å². The van der Waals surface area contributed by atoms with Crippen molar-refractivity contribution in [2.75, 3.05) is 18.4 Å². The second kappa shape index (κ2) is 8.90. The molecule has 0 atom stereocenters. The molecule has 1 heterocycles. The van der Waals surface area contributed by atoms with E-state index >= 15 is 0 Å². The summed E-state index contributed by atoms with van der Waals surface area (Å²) in [5.74, 6) is -0.364. The lowest BCUT2D eigenvalue weighted by atomic mass is 10.1. The van der Waals surface area contributed by atoms with Crippen molar-refractivity contribution in [3.05, 3.63) is 70.5 Å². The van der Waals surface area contributed by atoms with Crippen molar-refractivity contribution >= 4 is 17.5 Å². The van der Waals surface area contributed by atoms with Gasteiger partial charge in [0, 0.05) is 24.3 Å². The van der Waals surface area contributed by atoms with Crippen molar-refractivity contribution in [3.8, 4) is 5.69 Å². The number of carbonyl (C=O) groups excluding carboxylic acids is 2. The summed E-state index contributed by atoms with van der Waals surface area (Å²) in [5.41, 5.74) is 5.01. The van der Waals surface area contributed by atoms with Gasteiger partial charge in [-0.15, -0.1) is 5.10 Å². The zero-order valence-corrected chi connectivity index (χ0v) is 18.1. The van der Waals surface area contributed by atoms with Gasteiger partial charge in [-0.1, -0.05) is 17.7 Å². The van der Waals surface area contributed by atoms with Crippen molar-refractivity contribution in [3.63, 3.8) is 0 Å². The Morgan fingerprint density at radius 2 is 1.63 bits per heavy atom. The Kier molecular flexibility index (Phi) is 6.30. The fourth-order valence-electron chi connectivity index (χ4n) is 3.31. The zero-order chi connectivity index (χ0) is 21.8. The number of rotatable bonds is 6. The average Bonchev–Trinajstić information content (AvgIpc) is 3.10. The van der Waals surface area contributed by atoms with Crippen LogP contribution >= 0.6 is 0 Å². The highest BCUT2D eigenvalue weighted by molar-refractivity contribution is 6.04. The second-order valence-electron chi connectivity index (χ2n) is 7.22. The smallest absolute Gasteiger partial charge is 0.278 e. The maximum absolute atomic E-state index is 12.7. The number of carbonyl (C=O) groups is 2. The van der Waals surface area contributed by atoms with Gasteiger partial charge in [-0.3, -0.25) is 9.59 Å². The molecule has 0 aliphatic heterocycles. The van der Waals surface area contributed by atoms with Gasteiger partial charge in [0.25, 0.3) is 11.8 Å². The lowest BCUT2D eigenvalue weighted by Gasteiger charge is -2.18. The minimum absolute atomic E-state index is 0.0230. The molecule has 7 nitrogen and oxygen atoms in total. The van der Waals surface area contributed by atoms with Crippen molar-refractivity contribution < 1.29 is 9.59 Å². The van der Waals surface area contributed by atoms with Gasteiger partial charge < -0.3 is 10.2 Å². The molecule has 0 bridgehead atoms. The van der Waals surface area contributed by atoms with Crippen molar-refractivity contribution in [2.24, 2.45) is 0 Å². The van der Waals surface area contributed by atoms with Crippen LogP contribution in [0.2, 0.25) is 0 Å². The average molecular weight is 406 g/mol. The van der Waals surface area contributed by atoms with E-state index in [9.17, 15) is 9.59 Å². The molecular weight excluding hydrogens is 378 g/mol. The molecule has 2 aromatic carbocycles. The van der Waals surface area contributed by atoms with Crippen LogP contribution in [0.3, 0.4) is 0 Å². The molecule has 156 valence electrons. The van der Waals surface area contributed by atoms with E-state index in [1.165, 1.54) is 4.80 Å². The Labute approximate surface area is 176 Å². The fourth-order valence-corrected chi connectivity index (χ4v) is 3.31. The summed E-state index contributed by atoms with van der Waals surface area (Å²) in [6.45, 7) is 11.0. The molecule has 0 aliphatic carbocycles. The van der Waals surface area contributed by atoms with E-state index in [1.54, 1.807) is 36.1 Å². The highest BCUT2D eigenvalue weighted by atomic mass is 16.2. The molecule has 1 aromatic heterocycles. The fraction of sp³-hybridized carbons (Fsp3) is 0.304. The Bertz CT molecular complexity index is 1070. The monoisotopic (exact) mass is 405 g/mol. The van der Waals surface area contributed by atoms with Crippen LogP contribution < -0.4 is 5.32 Å². The van der Waals surface area contributed by atoms with E-state index < -0.39 is 0 Å². The minimum atomic E-state index is -0.341. The Morgan fingerprint density at radius 3 is 2.23 bits per heavy atom. The number of nitrogens with zero attached hydrogens (tertiary/aromatic N) is 4. The molecule has 3 rings (SSSR count). The van der Waals surface area contributed by atoms with Crippen LogP contribution in [-0.4, -0.2) is 44.8 Å². The second-order valence-corrected chi connectivity index (χ2v) is 7.22. The lowest BCUT2D eigenvalue weighted by molar-refractivity contribution is 0.0773. The summed E-state index contributed by atoms with van der Waals surface area (Å²) in [5, 5.41) is 11.6.